The van der Waals surface area contributed by atoms with Gasteiger partial charge in [0.05, 0.1) is 11.4 Å². The summed E-state index contributed by atoms with van der Waals surface area (Å²) in [6.45, 7) is 7.31. The maximum Gasteiger partial charge on any atom is 0.573 e. The van der Waals surface area contributed by atoms with Crippen molar-refractivity contribution < 1.29 is 31.1 Å². The molecule has 0 bridgehead atoms. The smallest absolute Gasteiger partial charge is 0.406 e. The number of benzene rings is 1. The fourth-order valence-corrected chi connectivity index (χ4v) is 5.67. The first kappa shape index (κ1) is 23.8. The molecule has 31 heavy (non-hydrogen) atoms. The summed E-state index contributed by atoms with van der Waals surface area (Å²) in [5, 5.41) is 0. The van der Waals surface area contributed by atoms with E-state index >= 15 is 0 Å². The number of carbonyl (C=O) groups excluding carboxylic acids is 1. The number of nitrogens with zero attached hydrogens (tertiary/aromatic N) is 3. The van der Waals surface area contributed by atoms with E-state index in [1.54, 1.807) is 0 Å². The Bertz CT molecular complexity index is 859. The van der Waals surface area contributed by atoms with Gasteiger partial charge in [-0.1, -0.05) is 13.8 Å². The minimum atomic E-state index is -4.83. The molecule has 1 aromatic rings. The molecule has 0 spiro atoms. The first-order chi connectivity index (χ1) is 14.4. The van der Waals surface area contributed by atoms with E-state index in [2.05, 4.69) is 18.6 Å². The van der Waals surface area contributed by atoms with Crippen molar-refractivity contribution in [3.8, 4) is 5.75 Å². The van der Waals surface area contributed by atoms with E-state index < -0.39 is 22.1 Å². The predicted molar refractivity (Wildman–Crippen MR) is 108 cm³/mol. The maximum atomic E-state index is 12.8. The van der Waals surface area contributed by atoms with Crippen molar-refractivity contribution in [3.63, 3.8) is 0 Å². The van der Waals surface area contributed by atoms with Crippen LogP contribution in [0.15, 0.2) is 29.2 Å². The van der Waals surface area contributed by atoms with Gasteiger partial charge in [-0.2, -0.15) is 4.31 Å². The molecular weight excluding hydrogens is 435 g/mol. The number of sulfonamides is 1. The molecule has 2 aliphatic heterocycles. The fraction of sp³-hybridized carbons (Fsp3) is 0.650. The van der Waals surface area contributed by atoms with Gasteiger partial charge >= 0.3 is 6.36 Å². The Morgan fingerprint density at radius 2 is 1.58 bits per heavy atom. The molecule has 2 saturated heterocycles. The summed E-state index contributed by atoms with van der Waals surface area (Å²) < 4.78 is 67.5. The number of amides is 1. The van der Waals surface area contributed by atoms with Crippen LogP contribution in [0.25, 0.3) is 0 Å². The lowest BCUT2D eigenvalue weighted by molar-refractivity contribution is -0.274. The molecule has 1 amide bonds. The Hall–Kier alpha value is -1.85. The van der Waals surface area contributed by atoms with Gasteiger partial charge in [-0.25, -0.2) is 8.42 Å². The lowest BCUT2D eigenvalue weighted by atomic mass is 9.92. The van der Waals surface area contributed by atoms with Crippen LogP contribution in [0.4, 0.5) is 13.2 Å². The van der Waals surface area contributed by atoms with Gasteiger partial charge in [0.25, 0.3) is 0 Å². The number of rotatable bonds is 5. The van der Waals surface area contributed by atoms with Crippen LogP contribution in [-0.4, -0.2) is 80.6 Å². The molecule has 7 nitrogen and oxygen atoms in total. The molecule has 2 fully saturated rings. The summed E-state index contributed by atoms with van der Waals surface area (Å²) in [5.41, 5.74) is 0. The van der Waals surface area contributed by atoms with Crippen LogP contribution in [0, 0.1) is 11.8 Å². The lowest BCUT2D eigenvalue weighted by Gasteiger charge is -2.38. The highest BCUT2D eigenvalue weighted by Crippen LogP contribution is 2.26. The van der Waals surface area contributed by atoms with Crippen LogP contribution in [0.5, 0.6) is 5.75 Å². The zero-order valence-electron chi connectivity index (χ0n) is 17.6. The molecule has 0 saturated carbocycles. The van der Waals surface area contributed by atoms with Crippen LogP contribution < -0.4 is 4.74 Å². The van der Waals surface area contributed by atoms with Crippen molar-refractivity contribution in [2.24, 2.45) is 11.8 Å². The average molecular weight is 464 g/mol. The van der Waals surface area contributed by atoms with Gasteiger partial charge in [0.2, 0.25) is 15.9 Å². The summed E-state index contributed by atoms with van der Waals surface area (Å²) in [6, 6.07) is 4.17. The minimum Gasteiger partial charge on any atom is -0.406 e. The zero-order chi connectivity index (χ0) is 22.8. The van der Waals surface area contributed by atoms with Crippen LogP contribution in [-0.2, 0) is 14.8 Å². The number of hydrogen-bond donors (Lipinski definition) is 0. The first-order valence-corrected chi connectivity index (χ1v) is 11.7. The predicted octanol–water partition coefficient (Wildman–Crippen LogP) is 2.40. The van der Waals surface area contributed by atoms with Gasteiger partial charge in [0.15, 0.2) is 0 Å². The topological polar surface area (TPSA) is 70.2 Å². The highest BCUT2D eigenvalue weighted by molar-refractivity contribution is 7.89. The van der Waals surface area contributed by atoms with Gasteiger partial charge in [-0.3, -0.25) is 9.69 Å². The number of piperazine rings is 1. The van der Waals surface area contributed by atoms with Crippen molar-refractivity contribution >= 4 is 15.9 Å². The summed E-state index contributed by atoms with van der Waals surface area (Å²) >= 11 is 0. The SMILES string of the molecule is C[C@H]1C[C@H](C)CN(C(=O)CN2CCN(S(=O)(=O)c3ccc(OC(F)(F)F)cc3)CC2)C1. The molecule has 174 valence electrons. The molecule has 0 unspecified atom stereocenters. The van der Waals surface area contributed by atoms with Crippen LogP contribution in [0.2, 0.25) is 0 Å². The number of hydrogen-bond acceptors (Lipinski definition) is 5. The Balaban J connectivity index is 1.54. The van der Waals surface area contributed by atoms with Crippen LogP contribution in [0.3, 0.4) is 0 Å². The molecular formula is C20H28F3N3O4S. The number of halogens is 3. The third-order valence-corrected chi connectivity index (χ3v) is 7.52. The monoisotopic (exact) mass is 463 g/mol. The van der Waals surface area contributed by atoms with Crippen LogP contribution >= 0.6 is 0 Å². The van der Waals surface area contributed by atoms with Crippen molar-refractivity contribution in [2.75, 3.05) is 45.8 Å². The van der Waals surface area contributed by atoms with Crippen molar-refractivity contribution in [1.82, 2.24) is 14.1 Å². The van der Waals surface area contributed by atoms with Crippen molar-refractivity contribution in [2.45, 2.75) is 31.5 Å². The minimum absolute atomic E-state index is 0.0648. The summed E-state index contributed by atoms with van der Waals surface area (Å²) in [4.78, 5) is 16.4. The summed E-state index contributed by atoms with van der Waals surface area (Å²) in [6.07, 6.45) is -3.72. The number of alkyl halides is 3. The van der Waals surface area contributed by atoms with Crippen molar-refractivity contribution in [3.05, 3.63) is 24.3 Å². The lowest BCUT2D eigenvalue weighted by Crippen LogP contribution is -2.52. The van der Waals surface area contributed by atoms with Crippen molar-refractivity contribution in [1.29, 1.82) is 0 Å². The average Bonchev–Trinajstić information content (AvgIpc) is 2.67. The zero-order valence-corrected chi connectivity index (χ0v) is 18.5. The first-order valence-electron chi connectivity index (χ1n) is 10.3. The van der Waals surface area contributed by atoms with E-state index in [0.717, 1.165) is 43.8 Å². The second kappa shape index (κ2) is 9.33. The fourth-order valence-electron chi connectivity index (χ4n) is 4.25. The summed E-state index contributed by atoms with van der Waals surface area (Å²) in [7, 11) is -3.83. The Kier molecular flexibility index (Phi) is 7.17. The molecule has 11 heteroatoms. The number of ether oxygens (including phenoxy) is 1. The Morgan fingerprint density at radius 3 is 2.10 bits per heavy atom. The van der Waals surface area contributed by atoms with Gasteiger partial charge in [0.1, 0.15) is 5.75 Å². The third-order valence-electron chi connectivity index (χ3n) is 5.61. The van der Waals surface area contributed by atoms with Gasteiger partial charge in [-0.05, 0) is 42.5 Å². The molecule has 3 rings (SSSR count). The second-order valence-electron chi connectivity index (χ2n) is 8.44. The van der Waals surface area contributed by atoms with Gasteiger partial charge in [0, 0.05) is 39.3 Å². The van der Waals surface area contributed by atoms with E-state index in [-0.39, 0.29) is 30.4 Å². The molecule has 2 atom stereocenters. The standard InChI is InChI=1S/C20H28F3N3O4S/c1-15-11-16(2)13-25(12-15)19(27)14-24-7-9-26(10-8-24)31(28,29)18-5-3-17(4-6-18)30-20(21,22)23/h3-6,15-16H,7-14H2,1-2H3/t15-,16-/m0/s1. The summed E-state index contributed by atoms with van der Waals surface area (Å²) in [5.74, 6) is 0.538. The van der Waals surface area contributed by atoms with E-state index in [1.807, 2.05) is 9.80 Å². The molecule has 2 aliphatic rings. The normalized spacial score (nSPS) is 24.2. The quantitative estimate of drug-likeness (QED) is 0.671. The van der Waals surface area contributed by atoms with Crippen LogP contribution in [0.1, 0.15) is 20.3 Å². The highest BCUT2D eigenvalue weighted by Gasteiger charge is 2.33. The van der Waals surface area contributed by atoms with E-state index in [0.29, 0.717) is 24.9 Å². The molecule has 0 aliphatic carbocycles. The van der Waals surface area contributed by atoms with Gasteiger partial charge in [-0.15, -0.1) is 13.2 Å². The number of piperidine rings is 1. The largest absolute Gasteiger partial charge is 0.573 e. The number of carbonyl (C=O) groups is 1. The molecule has 0 aromatic heterocycles. The van der Waals surface area contributed by atoms with E-state index in [1.165, 1.54) is 4.31 Å². The van der Waals surface area contributed by atoms with E-state index in [4.69, 9.17) is 0 Å². The molecule has 0 N–H and O–H groups in total. The molecule has 0 radical (unpaired) electrons. The Labute approximate surface area is 180 Å². The molecule has 1 aromatic carbocycles. The third kappa shape index (κ3) is 6.33. The van der Waals surface area contributed by atoms with E-state index in [9.17, 15) is 26.4 Å². The van der Waals surface area contributed by atoms with Gasteiger partial charge < -0.3 is 9.64 Å². The number of likely N-dealkylation sites (tertiary alicyclic amines) is 1. The highest BCUT2D eigenvalue weighted by atomic mass is 32.2. The Morgan fingerprint density at radius 1 is 1.03 bits per heavy atom. The molecule has 2 heterocycles. The second-order valence-corrected chi connectivity index (χ2v) is 10.4. The maximum absolute atomic E-state index is 12.8.